The Morgan fingerprint density at radius 1 is 1.03 bits per heavy atom. The van der Waals surface area contributed by atoms with Crippen LogP contribution in [-0.2, 0) is 4.79 Å². The number of aromatic nitrogens is 1. The monoisotopic (exact) mass is 454 g/mol. The van der Waals surface area contributed by atoms with Crippen LogP contribution in [0.3, 0.4) is 0 Å². The molecule has 160 valence electrons. The van der Waals surface area contributed by atoms with Gasteiger partial charge in [-0.25, -0.2) is 4.98 Å². The number of imide groups is 1. The van der Waals surface area contributed by atoms with Crippen LogP contribution in [0.25, 0.3) is 10.2 Å². The molecule has 0 aliphatic carbocycles. The summed E-state index contributed by atoms with van der Waals surface area (Å²) in [5.41, 5.74) is 1.54. The van der Waals surface area contributed by atoms with Crippen LogP contribution in [0.2, 0.25) is 0 Å². The average molecular weight is 455 g/mol. The zero-order chi connectivity index (χ0) is 22.1. The first-order chi connectivity index (χ1) is 14.9. The lowest BCUT2D eigenvalue weighted by molar-refractivity contribution is -0.119. The summed E-state index contributed by atoms with van der Waals surface area (Å²) in [6.07, 6.45) is 1.99. The van der Waals surface area contributed by atoms with E-state index in [0.29, 0.717) is 29.3 Å². The second kappa shape index (κ2) is 8.78. The van der Waals surface area contributed by atoms with Gasteiger partial charge in [0.1, 0.15) is 6.54 Å². The molecule has 0 fully saturated rings. The number of hydrogen-bond acceptors (Lipinski definition) is 7. The molecule has 7 nitrogen and oxygen atoms in total. The number of carbonyl (C=O) groups excluding carboxylic acids is 3. The third kappa shape index (κ3) is 4.08. The highest BCUT2D eigenvalue weighted by atomic mass is 32.2. The highest BCUT2D eigenvalue weighted by Gasteiger charge is 2.37. The molecule has 0 spiro atoms. The van der Waals surface area contributed by atoms with Crippen LogP contribution in [-0.4, -0.2) is 72.5 Å². The number of benzene rings is 2. The summed E-state index contributed by atoms with van der Waals surface area (Å²) in [7, 11) is 3.86. The van der Waals surface area contributed by atoms with E-state index in [4.69, 9.17) is 4.98 Å². The summed E-state index contributed by atoms with van der Waals surface area (Å²) < 4.78 is 0.991. The quantitative estimate of drug-likeness (QED) is 0.403. The Bertz CT molecular complexity index is 1140. The number of nitrogens with zero attached hydrogens (tertiary/aromatic N) is 4. The number of rotatable bonds is 7. The van der Waals surface area contributed by atoms with E-state index in [1.165, 1.54) is 11.3 Å². The summed E-state index contributed by atoms with van der Waals surface area (Å²) in [6.45, 7) is 0.716. The van der Waals surface area contributed by atoms with Crippen molar-refractivity contribution in [2.24, 2.45) is 0 Å². The van der Waals surface area contributed by atoms with Crippen LogP contribution >= 0.6 is 23.1 Å². The van der Waals surface area contributed by atoms with Gasteiger partial charge in [-0.1, -0.05) is 29.5 Å². The summed E-state index contributed by atoms with van der Waals surface area (Å²) in [5, 5.41) is 0.569. The van der Waals surface area contributed by atoms with Crippen molar-refractivity contribution in [3.05, 3.63) is 53.6 Å². The minimum atomic E-state index is -0.435. The molecule has 2 aromatic carbocycles. The number of amides is 3. The van der Waals surface area contributed by atoms with E-state index in [-0.39, 0.29) is 12.5 Å². The zero-order valence-electron chi connectivity index (χ0n) is 17.5. The maximum absolute atomic E-state index is 13.3. The van der Waals surface area contributed by atoms with Crippen molar-refractivity contribution in [3.63, 3.8) is 0 Å². The second-order valence-corrected chi connectivity index (χ2v) is 9.25. The van der Waals surface area contributed by atoms with Crippen molar-refractivity contribution in [2.75, 3.05) is 44.9 Å². The zero-order valence-corrected chi connectivity index (χ0v) is 19.1. The minimum absolute atomic E-state index is 0.314. The molecule has 31 heavy (non-hydrogen) atoms. The topological polar surface area (TPSA) is 73.8 Å². The van der Waals surface area contributed by atoms with Gasteiger partial charge in [-0.3, -0.25) is 24.2 Å². The molecule has 3 aromatic rings. The molecule has 0 unspecified atom stereocenters. The number of thioether (sulfide) groups is 1. The number of carbonyl (C=O) groups is 3. The molecule has 0 saturated carbocycles. The van der Waals surface area contributed by atoms with E-state index in [9.17, 15) is 14.4 Å². The molecule has 0 N–H and O–H groups in total. The second-order valence-electron chi connectivity index (χ2n) is 7.39. The predicted octanol–water partition coefficient (Wildman–Crippen LogP) is 3.21. The highest BCUT2D eigenvalue weighted by Crippen LogP contribution is 2.34. The van der Waals surface area contributed by atoms with Gasteiger partial charge in [0.05, 0.1) is 21.3 Å². The molecule has 4 rings (SSSR count). The van der Waals surface area contributed by atoms with Gasteiger partial charge >= 0.3 is 0 Å². The van der Waals surface area contributed by atoms with Gasteiger partial charge in [0.25, 0.3) is 11.8 Å². The van der Waals surface area contributed by atoms with E-state index in [1.807, 2.05) is 43.5 Å². The standard InChI is InChI=1S/C22H22N4O3S2/c1-24(2)11-12-25(22-23-19-16(30-3)9-6-10-17(19)31-22)18(27)13-26-20(28)14-7-4-5-8-15(14)21(26)29/h4-10H,11-13H2,1-3H3. The van der Waals surface area contributed by atoms with Gasteiger partial charge in [0, 0.05) is 18.0 Å². The molecular formula is C22H22N4O3S2. The smallest absolute Gasteiger partial charge is 0.262 e. The molecule has 0 saturated heterocycles. The van der Waals surface area contributed by atoms with Crippen LogP contribution in [0, 0.1) is 0 Å². The normalized spacial score (nSPS) is 13.4. The maximum Gasteiger partial charge on any atom is 0.262 e. The molecule has 0 bridgehead atoms. The summed E-state index contributed by atoms with van der Waals surface area (Å²) in [6, 6.07) is 12.6. The van der Waals surface area contributed by atoms with Crippen LogP contribution in [0.5, 0.6) is 0 Å². The Morgan fingerprint density at radius 3 is 2.32 bits per heavy atom. The van der Waals surface area contributed by atoms with Crippen molar-refractivity contribution in [1.29, 1.82) is 0 Å². The van der Waals surface area contributed by atoms with E-state index in [1.54, 1.807) is 40.9 Å². The first-order valence-corrected chi connectivity index (χ1v) is 11.8. The number of thiazole rings is 1. The lowest BCUT2D eigenvalue weighted by Gasteiger charge is -2.24. The van der Waals surface area contributed by atoms with Crippen LogP contribution in [0.15, 0.2) is 47.4 Å². The van der Waals surface area contributed by atoms with Crippen LogP contribution < -0.4 is 4.90 Å². The third-order valence-electron chi connectivity index (χ3n) is 5.06. The molecule has 0 radical (unpaired) electrons. The Kier molecular flexibility index (Phi) is 6.08. The molecule has 9 heteroatoms. The van der Waals surface area contributed by atoms with Crippen LogP contribution in [0.4, 0.5) is 5.13 Å². The fraction of sp³-hybridized carbons (Fsp3) is 0.273. The largest absolute Gasteiger partial charge is 0.308 e. The molecule has 0 atom stereocenters. The molecule has 2 heterocycles. The maximum atomic E-state index is 13.3. The lowest BCUT2D eigenvalue weighted by atomic mass is 10.1. The Labute approximate surface area is 188 Å². The summed E-state index contributed by atoms with van der Waals surface area (Å²) in [5.74, 6) is -1.20. The van der Waals surface area contributed by atoms with Gasteiger partial charge in [-0.05, 0) is 44.6 Å². The molecule has 1 aliphatic rings. The number of para-hydroxylation sites is 1. The fourth-order valence-corrected chi connectivity index (χ4v) is 5.09. The SMILES string of the molecule is CSc1cccc2sc(N(CCN(C)C)C(=O)CN3C(=O)c4ccccc4C3=O)nc12. The number of anilines is 1. The van der Waals surface area contributed by atoms with E-state index >= 15 is 0 Å². The average Bonchev–Trinajstić information content (AvgIpc) is 3.29. The minimum Gasteiger partial charge on any atom is -0.308 e. The lowest BCUT2D eigenvalue weighted by Crippen LogP contribution is -2.45. The Morgan fingerprint density at radius 2 is 1.71 bits per heavy atom. The van der Waals surface area contributed by atoms with Gasteiger partial charge in [0.2, 0.25) is 5.91 Å². The highest BCUT2D eigenvalue weighted by molar-refractivity contribution is 7.98. The van der Waals surface area contributed by atoms with E-state index in [0.717, 1.165) is 20.0 Å². The first kappa shape index (κ1) is 21.5. The van der Waals surface area contributed by atoms with Crippen molar-refractivity contribution in [2.45, 2.75) is 4.90 Å². The molecular weight excluding hydrogens is 432 g/mol. The van der Waals surface area contributed by atoms with Crippen molar-refractivity contribution >= 4 is 56.2 Å². The number of likely N-dealkylation sites (N-methyl/N-ethyl adjacent to an activating group) is 1. The molecule has 1 aromatic heterocycles. The van der Waals surface area contributed by atoms with Gasteiger partial charge < -0.3 is 4.90 Å². The summed E-state index contributed by atoms with van der Waals surface area (Å²) in [4.78, 5) is 49.1. The van der Waals surface area contributed by atoms with E-state index < -0.39 is 11.8 Å². The first-order valence-electron chi connectivity index (χ1n) is 9.74. The van der Waals surface area contributed by atoms with Gasteiger partial charge in [-0.2, -0.15) is 0 Å². The van der Waals surface area contributed by atoms with Gasteiger partial charge in [-0.15, -0.1) is 11.8 Å². The molecule has 1 aliphatic heterocycles. The van der Waals surface area contributed by atoms with Crippen molar-refractivity contribution in [1.82, 2.24) is 14.8 Å². The summed E-state index contributed by atoms with van der Waals surface area (Å²) >= 11 is 3.04. The van der Waals surface area contributed by atoms with Gasteiger partial charge in [0.15, 0.2) is 5.13 Å². The van der Waals surface area contributed by atoms with Crippen LogP contribution in [0.1, 0.15) is 20.7 Å². The predicted molar refractivity (Wildman–Crippen MR) is 124 cm³/mol. The number of fused-ring (bicyclic) bond motifs is 2. The Balaban J connectivity index is 1.63. The number of hydrogen-bond donors (Lipinski definition) is 0. The third-order valence-corrected chi connectivity index (χ3v) is 6.88. The van der Waals surface area contributed by atoms with Crippen molar-refractivity contribution < 1.29 is 14.4 Å². The fourth-order valence-electron chi connectivity index (χ4n) is 3.42. The Hall–Kier alpha value is -2.75. The van der Waals surface area contributed by atoms with E-state index in [2.05, 4.69) is 0 Å². The van der Waals surface area contributed by atoms with Crippen molar-refractivity contribution in [3.8, 4) is 0 Å². The molecule has 3 amide bonds.